The molecule has 0 aromatic carbocycles. The van der Waals surface area contributed by atoms with Gasteiger partial charge in [0.25, 0.3) is 0 Å². The Bertz CT molecular complexity index is 393. The zero-order valence-electron chi connectivity index (χ0n) is 24.2. The van der Waals surface area contributed by atoms with Gasteiger partial charge in [0.05, 0.1) is 17.8 Å². The number of rotatable bonds is 16. The summed E-state index contributed by atoms with van der Waals surface area (Å²) in [5, 5.41) is 25.8. The molecule has 0 aromatic rings. The first-order valence-corrected chi connectivity index (χ1v) is 13.8. The van der Waals surface area contributed by atoms with Gasteiger partial charge in [-0.15, -0.1) is 0 Å². The van der Waals surface area contributed by atoms with Gasteiger partial charge < -0.3 is 15.3 Å². The minimum Gasteiger partial charge on any atom is -0.481 e. The average molecular weight is 609 g/mol. The van der Waals surface area contributed by atoms with E-state index in [-0.39, 0.29) is 41.7 Å². The maximum atomic E-state index is 10.4. The van der Waals surface area contributed by atoms with Crippen molar-refractivity contribution in [3.05, 3.63) is 0 Å². The van der Waals surface area contributed by atoms with Crippen LogP contribution in [-0.4, -0.2) is 57.1 Å². The van der Waals surface area contributed by atoms with E-state index < -0.39 is 17.9 Å². The molecule has 4 radical (unpaired) electrons. The normalized spacial score (nSPS) is 12.0. The summed E-state index contributed by atoms with van der Waals surface area (Å²) in [6, 6.07) is 0. The SMILES string of the molecule is CCCC.CCCCC(CC)C(=O)O.CCCCC(CC)C(=O)O.CCCCC(CC)C(=O)O.[Sn]. The van der Waals surface area contributed by atoms with Crippen molar-refractivity contribution in [1.29, 1.82) is 0 Å². The number of hydrogen-bond donors (Lipinski definition) is 3. The van der Waals surface area contributed by atoms with Crippen LogP contribution in [0.15, 0.2) is 0 Å². The van der Waals surface area contributed by atoms with Gasteiger partial charge in [-0.25, -0.2) is 0 Å². The Kier molecular flexibility index (Phi) is 44.7. The van der Waals surface area contributed by atoms with E-state index in [2.05, 4.69) is 34.6 Å². The van der Waals surface area contributed by atoms with Gasteiger partial charge in [-0.1, -0.05) is 107 Å². The zero-order valence-corrected chi connectivity index (χ0v) is 27.1. The van der Waals surface area contributed by atoms with Crippen LogP contribution in [0.3, 0.4) is 0 Å². The average Bonchev–Trinajstić information content (AvgIpc) is 2.81. The second-order valence-corrected chi connectivity index (χ2v) is 8.76. The fourth-order valence-corrected chi connectivity index (χ4v) is 2.86. The quantitative estimate of drug-likeness (QED) is 0.152. The van der Waals surface area contributed by atoms with Crippen LogP contribution in [0.4, 0.5) is 0 Å². The third-order valence-corrected chi connectivity index (χ3v) is 5.74. The van der Waals surface area contributed by atoms with E-state index in [9.17, 15) is 14.4 Å². The topological polar surface area (TPSA) is 112 Å². The van der Waals surface area contributed by atoms with Gasteiger partial charge in [0.1, 0.15) is 0 Å². The van der Waals surface area contributed by atoms with Crippen LogP contribution < -0.4 is 0 Å². The molecule has 0 bridgehead atoms. The van der Waals surface area contributed by atoms with Gasteiger partial charge in [-0.3, -0.25) is 14.4 Å². The Morgan fingerprint density at radius 1 is 0.457 bits per heavy atom. The molecule has 3 atom stereocenters. The molecule has 0 heterocycles. The van der Waals surface area contributed by atoms with E-state index in [1.54, 1.807) is 0 Å². The summed E-state index contributed by atoms with van der Waals surface area (Å²) in [6.45, 7) is 16.4. The van der Waals surface area contributed by atoms with Crippen molar-refractivity contribution in [3.8, 4) is 0 Å². The Labute approximate surface area is 234 Å². The van der Waals surface area contributed by atoms with Gasteiger partial charge in [0.2, 0.25) is 0 Å². The number of hydrogen-bond acceptors (Lipinski definition) is 3. The van der Waals surface area contributed by atoms with Crippen LogP contribution in [0.1, 0.15) is 145 Å². The number of unbranched alkanes of at least 4 members (excludes halogenated alkanes) is 4. The van der Waals surface area contributed by atoms with E-state index in [4.69, 9.17) is 15.3 Å². The molecule has 7 heteroatoms. The van der Waals surface area contributed by atoms with E-state index in [1.165, 1.54) is 12.8 Å². The Morgan fingerprint density at radius 3 is 0.743 bits per heavy atom. The Hall–Kier alpha value is -0.791. The summed E-state index contributed by atoms with van der Waals surface area (Å²) in [6.07, 6.45) is 13.8. The molecule has 0 aliphatic carbocycles. The van der Waals surface area contributed by atoms with Crippen molar-refractivity contribution >= 4 is 41.8 Å². The van der Waals surface area contributed by atoms with Crippen LogP contribution in [0.2, 0.25) is 0 Å². The Morgan fingerprint density at radius 2 is 0.657 bits per heavy atom. The molecule has 0 fully saturated rings. The minimum absolute atomic E-state index is 0. The summed E-state index contributed by atoms with van der Waals surface area (Å²) in [4.78, 5) is 31.3. The third-order valence-electron chi connectivity index (χ3n) is 5.74. The van der Waals surface area contributed by atoms with E-state index in [0.29, 0.717) is 0 Å². The fraction of sp³-hybridized carbons (Fsp3) is 0.893. The molecule has 0 rings (SSSR count). The predicted octanol–water partition coefficient (Wildman–Crippen LogP) is 8.29. The van der Waals surface area contributed by atoms with Crippen LogP contribution >= 0.6 is 0 Å². The molecule has 3 N–H and O–H groups in total. The van der Waals surface area contributed by atoms with Crippen LogP contribution in [0, 0.1) is 17.8 Å². The monoisotopic (exact) mass is 610 g/mol. The first-order chi connectivity index (χ1) is 16.1. The summed E-state index contributed by atoms with van der Waals surface area (Å²) in [5.74, 6) is -2.26. The Balaban J connectivity index is -0.000000118. The molecule has 0 aliphatic heterocycles. The first kappa shape index (κ1) is 44.2. The predicted molar refractivity (Wildman–Crippen MR) is 149 cm³/mol. The second-order valence-electron chi connectivity index (χ2n) is 8.76. The number of carbonyl (C=O) groups is 3. The molecule has 0 aliphatic rings. The van der Waals surface area contributed by atoms with Gasteiger partial charge in [-0.2, -0.15) is 0 Å². The summed E-state index contributed by atoms with van der Waals surface area (Å²) in [7, 11) is 0. The summed E-state index contributed by atoms with van der Waals surface area (Å²) in [5.41, 5.74) is 0. The molecule has 210 valence electrons. The van der Waals surface area contributed by atoms with Gasteiger partial charge in [-0.05, 0) is 38.5 Å². The van der Waals surface area contributed by atoms with Crippen molar-refractivity contribution in [3.63, 3.8) is 0 Å². The smallest absolute Gasteiger partial charge is 0.306 e. The fourth-order valence-electron chi connectivity index (χ4n) is 2.86. The maximum absolute atomic E-state index is 10.4. The van der Waals surface area contributed by atoms with Crippen LogP contribution in [0.25, 0.3) is 0 Å². The number of carboxylic acids is 3. The largest absolute Gasteiger partial charge is 0.481 e. The molecule has 35 heavy (non-hydrogen) atoms. The third kappa shape index (κ3) is 35.4. The molecule has 3 unspecified atom stereocenters. The molecule has 0 amide bonds. The number of aliphatic carboxylic acids is 3. The maximum Gasteiger partial charge on any atom is 0.306 e. The summed E-state index contributed by atoms with van der Waals surface area (Å²) >= 11 is 0. The summed E-state index contributed by atoms with van der Waals surface area (Å²) < 4.78 is 0. The van der Waals surface area contributed by atoms with Crippen LogP contribution in [0.5, 0.6) is 0 Å². The molecule has 0 spiro atoms. The molecular formula is C28H58O6Sn. The van der Waals surface area contributed by atoms with E-state index in [0.717, 1.165) is 77.0 Å². The van der Waals surface area contributed by atoms with Gasteiger partial charge >= 0.3 is 17.9 Å². The van der Waals surface area contributed by atoms with Crippen LogP contribution in [-0.2, 0) is 14.4 Å². The van der Waals surface area contributed by atoms with Crippen molar-refractivity contribution in [2.75, 3.05) is 0 Å². The molecule has 0 saturated heterocycles. The number of carboxylic acid groups (broad SMARTS) is 3. The second kappa shape index (κ2) is 35.4. The first-order valence-electron chi connectivity index (χ1n) is 13.8. The van der Waals surface area contributed by atoms with Gasteiger partial charge in [0.15, 0.2) is 0 Å². The zero-order chi connectivity index (χ0) is 27.4. The molecule has 0 aromatic heterocycles. The van der Waals surface area contributed by atoms with E-state index >= 15 is 0 Å². The van der Waals surface area contributed by atoms with Crippen molar-refractivity contribution < 1.29 is 29.7 Å². The van der Waals surface area contributed by atoms with Gasteiger partial charge in [0, 0.05) is 23.9 Å². The molecular weight excluding hydrogens is 551 g/mol. The molecule has 6 nitrogen and oxygen atoms in total. The van der Waals surface area contributed by atoms with Crippen molar-refractivity contribution in [2.24, 2.45) is 17.8 Å². The standard InChI is InChI=1S/3C8H16O2.C4H10.Sn/c3*1-3-5-6-7(4-2)8(9)10;1-3-4-2;/h3*7H,3-6H2,1-2H3,(H,9,10);3-4H2,1-2H3;. The molecule has 0 saturated carbocycles. The van der Waals surface area contributed by atoms with E-state index in [1.807, 2.05) is 20.8 Å². The van der Waals surface area contributed by atoms with Crippen molar-refractivity contribution in [1.82, 2.24) is 0 Å². The van der Waals surface area contributed by atoms with Crippen molar-refractivity contribution in [2.45, 2.75) is 145 Å². The minimum atomic E-state index is -0.643.